The van der Waals surface area contributed by atoms with Gasteiger partial charge in [0.1, 0.15) is 5.69 Å². The molecule has 1 N–H and O–H groups in total. The van der Waals surface area contributed by atoms with Crippen molar-refractivity contribution < 1.29 is 4.42 Å². The molecule has 5 nitrogen and oxygen atoms in total. The summed E-state index contributed by atoms with van der Waals surface area (Å²) in [5, 5.41) is 6.71. The lowest BCUT2D eigenvalue weighted by Gasteiger charge is -2.09. The number of aromatic amines is 1. The van der Waals surface area contributed by atoms with Crippen LogP contribution in [-0.4, -0.2) is 19.5 Å². The van der Waals surface area contributed by atoms with Crippen LogP contribution in [0.4, 0.5) is 0 Å². The number of hydrogen-bond acceptors (Lipinski definition) is 3. The minimum atomic E-state index is 0.803. The van der Waals surface area contributed by atoms with Gasteiger partial charge in [-0.2, -0.15) is 0 Å². The van der Waals surface area contributed by atoms with Crippen LogP contribution in [0, 0.1) is 0 Å². The average Bonchev–Trinajstić information content (AvgIpc) is 3.82. The van der Waals surface area contributed by atoms with Crippen molar-refractivity contribution in [2.75, 3.05) is 0 Å². The number of nitrogens with one attached hydrogen (secondary N) is 1. The summed E-state index contributed by atoms with van der Waals surface area (Å²) in [5.74, 6) is 0. The topological polar surface area (TPSA) is 59.6 Å². The molecular weight excluding hydrogens is 552 g/mol. The molecule has 0 radical (unpaired) electrons. The number of pyridine rings is 2. The maximum absolute atomic E-state index is 6.90. The molecule has 10 rings (SSSR count). The summed E-state index contributed by atoms with van der Waals surface area (Å²) in [6.45, 7) is 0. The Morgan fingerprint density at radius 1 is 0.578 bits per heavy atom. The normalized spacial score (nSPS) is 12.0. The van der Waals surface area contributed by atoms with Crippen LogP contribution in [-0.2, 0) is 0 Å². The lowest BCUT2D eigenvalue weighted by Crippen LogP contribution is -1.94. The van der Waals surface area contributed by atoms with Gasteiger partial charge in [0.05, 0.1) is 33.1 Å². The number of para-hydroxylation sites is 2. The van der Waals surface area contributed by atoms with Gasteiger partial charge < -0.3 is 9.40 Å². The van der Waals surface area contributed by atoms with Gasteiger partial charge in [0, 0.05) is 49.9 Å². The van der Waals surface area contributed by atoms with Crippen molar-refractivity contribution in [3.05, 3.63) is 140 Å². The Labute approximate surface area is 257 Å². The van der Waals surface area contributed by atoms with Crippen molar-refractivity contribution in [3.63, 3.8) is 0 Å². The maximum Gasteiger partial charge on any atom is 0.213 e. The Kier molecular flexibility index (Phi) is 4.93. The van der Waals surface area contributed by atoms with Gasteiger partial charge in [0.15, 0.2) is 5.58 Å². The number of fused-ring (bicyclic) bond motifs is 10. The highest BCUT2D eigenvalue weighted by Crippen LogP contribution is 2.44. The Hall–Kier alpha value is -6.20. The Bertz CT molecular complexity index is 2750. The smallest absolute Gasteiger partial charge is 0.213 e. The van der Waals surface area contributed by atoms with E-state index in [0.717, 1.165) is 93.9 Å². The molecule has 0 bridgehead atoms. The fourth-order valence-corrected chi connectivity index (χ4v) is 6.89. The third-order valence-electron chi connectivity index (χ3n) is 8.98. The molecule has 0 spiro atoms. The highest BCUT2D eigenvalue weighted by molar-refractivity contribution is 6.28. The zero-order chi connectivity index (χ0) is 29.5. The largest absolute Gasteiger partial charge is 0.437 e. The molecule has 0 atom stereocenters. The van der Waals surface area contributed by atoms with Gasteiger partial charge in [-0.15, -0.1) is 0 Å². The summed E-state index contributed by atoms with van der Waals surface area (Å²) in [5.41, 5.74) is 10.6. The fraction of sp³-hybridized carbons (Fsp3) is 0. The van der Waals surface area contributed by atoms with Crippen LogP contribution in [0.2, 0.25) is 0 Å². The summed E-state index contributed by atoms with van der Waals surface area (Å²) in [6.07, 6.45) is 1.97. The van der Waals surface area contributed by atoms with E-state index in [1.165, 1.54) is 0 Å². The second-order valence-corrected chi connectivity index (χ2v) is 11.5. The van der Waals surface area contributed by atoms with Crippen molar-refractivity contribution in [1.29, 1.82) is 0 Å². The first kappa shape index (κ1) is 24.3. The summed E-state index contributed by atoms with van der Waals surface area (Å²) in [7, 11) is 0. The Morgan fingerprint density at radius 3 is 2.22 bits per heavy atom. The molecular formula is C40H24N4O. The zero-order valence-corrected chi connectivity index (χ0v) is 24.0. The predicted octanol–water partition coefficient (Wildman–Crippen LogP) is 10.4. The summed E-state index contributed by atoms with van der Waals surface area (Å²) >= 11 is 0. The molecule has 5 aromatic heterocycles. The molecule has 0 amide bonds. The standard InChI is InChI=1S/C40H24N4O/c1-2-8-25(9-3-1)38-39-34(29-10-4-6-12-32(29)43-38)35-30-11-5-7-13-33(30)44(40(35)45-39)28-19-16-24(17-20-28)31-21-18-26-14-15-27-22-23-41-36(27)37(26)42-31/h1-23,41H. The van der Waals surface area contributed by atoms with Gasteiger partial charge in [-0.1, -0.05) is 97.1 Å². The Morgan fingerprint density at radius 2 is 1.33 bits per heavy atom. The highest BCUT2D eigenvalue weighted by Gasteiger charge is 2.24. The molecule has 5 aromatic carbocycles. The second-order valence-electron chi connectivity index (χ2n) is 11.5. The van der Waals surface area contributed by atoms with E-state index in [9.17, 15) is 0 Å². The van der Waals surface area contributed by atoms with Crippen LogP contribution in [0.25, 0.3) is 93.9 Å². The highest BCUT2D eigenvalue weighted by atomic mass is 16.3. The fourth-order valence-electron chi connectivity index (χ4n) is 6.89. The number of rotatable bonds is 3. The first-order chi connectivity index (χ1) is 22.3. The van der Waals surface area contributed by atoms with Gasteiger partial charge in [0.2, 0.25) is 5.71 Å². The molecule has 10 aromatic rings. The summed E-state index contributed by atoms with van der Waals surface area (Å²) in [6, 6.07) is 46.4. The third kappa shape index (κ3) is 3.49. The number of furan rings is 1. The van der Waals surface area contributed by atoms with Crippen molar-refractivity contribution in [2.24, 2.45) is 0 Å². The molecule has 0 saturated carbocycles. The number of hydrogen-bond donors (Lipinski definition) is 1. The minimum Gasteiger partial charge on any atom is -0.437 e. The summed E-state index contributed by atoms with van der Waals surface area (Å²) < 4.78 is 9.13. The molecule has 0 fully saturated rings. The molecule has 0 aliphatic heterocycles. The van der Waals surface area contributed by atoms with Crippen LogP contribution in [0.5, 0.6) is 0 Å². The van der Waals surface area contributed by atoms with Crippen LogP contribution in [0.3, 0.4) is 0 Å². The van der Waals surface area contributed by atoms with Crippen molar-refractivity contribution in [1.82, 2.24) is 19.5 Å². The van der Waals surface area contributed by atoms with E-state index >= 15 is 0 Å². The molecule has 5 heterocycles. The quantitative estimate of drug-likeness (QED) is 0.228. The lowest BCUT2D eigenvalue weighted by molar-refractivity contribution is 0.645. The van der Waals surface area contributed by atoms with E-state index in [1.54, 1.807) is 0 Å². The lowest BCUT2D eigenvalue weighted by atomic mass is 10.0. The van der Waals surface area contributed by atoms with E-state index in [-0.39, 0.29) is 0 Å². The van der Waals surface area contributed by atoms with Gasteiger partial charge in [-0.3, -0.25) is 4.57 Å². The van der Waals surface area contributed by atoms with Crippen molar-refractivity contribution in [2.45, 2.75) is 0 Å². The molecule has 45 heavy (non-hydrogen) atoms. The van der Waals surface area contributed by atoms with Crippen molar-refractivity contribution >= 4 is 65.7 Å². The van der Waals surface area contributed by atoms with Crippen LogP contribution in [0.15, 0.2) is 144 Å². The van der Waals surface area contributed by atoms with Gasteiger partial charge in [-0.05, 0) is 36.4 Å². The SMILES string of the molecule is c1ccc(-c2nc3ccccc3c3c2oc2c3c3ccccc3n2-c2ccc(-c3ccc4ccc5cc[nH]c5c4n3)cc2)cc1. The second kappa shape index (κ2) is 9.15. The first-order valence-corrected chi connectivity index (χ1v) is 15.1. The number of benzene rings is 5. The van der Waals surface area contributed by atoms with E-state index in [1.807, 2.05) is 30.5 Å². The zero-order valence-electron chi connectivity index (χ0n) is 24.0. The number of nitrogens with zero attached hydrogens (tertiary/aromatic N) is 3. The maximum atomic E-state index is 6.90. The molecule has 0 aliphatic rings. The third-order valence-corrected chi connectivity index (χ3v) is 8.98. The number of H-pyrrole nitrogens is 1. The monoisotopic (exact) mass is 576 g/mol. The van der Waals surface area contributed by atoms with Gasteiger partial charge >= 0.3 is 0 Å². The first-order valence-electron chi connectivity index (χ1n) is 15.1. The van der Waals surface area contributed by atoms with Gasteiger partial charge in [-0.25, -0.2) is 9.97 Å². The van der Waals surface area contributed by atoms with E-state index in [4.69, 9.17) is 14.4 Å². The van der Waals surface area contributed by atoms with E-state index in [2.05, 4.69) is 119 Å². The van der Waals surface area contributed by atoms with E-state index in [0.29, 0.717) is 0 Å². The molecule has 0 saturated heterocycles. The summed E-state index contributed by atoms with van der Waals surface area (Å²) in [4.78, 5) is 13.5. The number of aromatic nitrogens is 4. The molecule has 0 unspecified atom stereocenters. The average molecular weight is 577 g/mol. The molecule has 210 valence electrons. The van der Waals surface area contributed by atoms with Crippen LogP contribution >= 0.6 is 0 Å². The van der Waals surface area contributed by atoms with Crippen molar-refractivity contribution in [3.8, 4) is 28.2 Å². The molecule has 0 aliphatic carbocycles. The predicted molar refractivity (Wildman–Crippen MR) is 184 cm³/mol. The Balaban J connectivity index is 1.21. The van der Waals surface area contributed by atoms with Crippen LogP contribution < -0.4 is 0 Å². The van der Waals surface area contributed by atoms with Gasteiger partial charge in [0.25, 0.3) is 0 Å². The van der Waals surface area contributed by atoms with Crippen LogP contribution in [0.1, 0.15) is 0 Å². The van der Waals surface area contributed by atoms with E-state index < -0.39 is 0 Å². The minimum absolute atomic E-state index is 0.803. The molecule has 5 heteroatoms.